The SMILES string of the molecule is CC(C)(C)OC(=O)N1CCC[C@@H]([C@H](O)C(F)(F)F)C1. The topological polar surface area (TPSA) is 49.8 Å². The second-order valence-electron chi connectivity index (χ2n) is 5.82. The van der Waals surface area contributed by atoms with Crippen LogP contribution in [-0.4, -0.2) is 47.1 Å². The van der Waals surface area contributed by atoms with Crippen molar-refractivity contribution in [1.82, 2.24) is 4.90 Å². The molecule has 0 aromatic rings. The molecule has 0 saturated carbocycles. The standard InChI is InChI=1S/C12H20F3NO3/c1-11(2,3)19-10(18)16-6-4-5-8(7-16)9(17)12(13,14)15/h8-9,17H,4-7H2,1-3H3/t8-,9+/m1/s1. The van der Waals surface area contributed by atoms with E-state index in [0.29, 0.717) is 13.0 Å². The molecule has 19 heavy (non-hydrogen) atoms. The number of likely N-dealkylation sites (tertiary alicyclic amines) is 1. The molecule has 1 amide bonds. The van der Waals surface area contributed by atoms with Crippen LogP contribution in [0.2, 0.25) is 0 Å². The Morgan fingerprint density at radius 1 is 1.37 bits per heavy atom. The van der Waals surface area contributed by atoms with Gasteiger partial charge in [-0.25, -0.2) is 4.79 Å². The third-order valence-corrected chi connectivity index (χ3v) is 2.89. The fourth-order valence-electron chi connectivity index (χ4n) is 2.03. The Hall–Kier alpha value is -0.980. The number of hydrogen-bond donors (Lipinski definition) is 1. The molecular formula is C12H20F3NO3. The first-order valence-corrected chi connectivity index (χ1v) is 6.23. The molecule has 1 fully saturated rings. The summed E-state index contributed by atoms with van der Waals surface area (Å²) in [5.41, 5.74) is -0.688. The lowest BCUT2D eigenvalue weighted by atomic mass is 9.92. The molecule has 0 aliphatic carbocycles. The lowest BCUT2D eigenvalue weighted by molar-refractivity contribution is -0.223. The number of aliphatic hydroxyl groups is 1. The number of piperidine rings is 1. The van der Waals surface area contributed by atoms with Crippen LogP contribution in [-0.2, 0) is 4.74 Å². The first-order chi connectivity index (χ1) is 8.50. The molecule has 0 spiro atoms. The number of alkyl halides is 3. The van der Waals surface area contributed by atoms with Crippen molar-refractivity contribution in [3.63, 3.8) is 0 Å². The third-order valence-electron chi connectivity index (χ3n) is 2.89. The van der Waals surface area contributed by atoms with Gasteiger partial charge in [-0.15, -0.1) is 0 Å². The Kier molecular flexibility index (Phi) is 4.71. The maximum absolute atomic E-state index is 12.4. The second kappa shape index (κ2) is 5.56. The Labute approximate surface area is 110 Å². The molecule has 7 heteroatoms. The fourth-order valence-corrected chi connectivity index (χ4v) is 2.03. The predicted octanol–water partition coefficient (Wildman–Crippen LogP) is 2.56. The van der Waals surface area contributed by atoms with Crippen molar-refractivity contribution in [3.8, 4) is 0 Å². The quantitative estimate of drug-likeness (QED) is 0.804. The highest BCUT2D eigenvalue weighted by atomic mass is 19.4. The minimum absolute atomic E-state index is 0.129. The van der Waals surface area contributed by atoms with Gasteiger partial charge in [0.2, 0.25) is 0 Å². The van der Waals surface area contributed by atoms with Crippen molar-refractivity contribution < 1.29 is 27.8 Å². The average molecular weight is 283 g/mol. The van der Waals surface area contributed by atoms with Crippen LogP contribution in [0.3, 0.4) is 0 Å². The van der Waals surface area contributed by atoms with Crippen LogP contribution in [0.5, 0.6) is 0 Å². The summed E-state index contributed by atoms with van der Waals surface area (Å²) in [5.74, 6) is -0.985. The normalized spacial score (nSPS) is 23.1. The molecule has 1 heterocycles. The van der Waals surface area contributed by atoms with Crippen molar-refractivity contribution >= 4 is 6.09 Å². The molecule has 0 aromatic heterocycles. The van der Waals surface area contributed by atoms with Crippen molar-refractivity contribution in [3.05, 3.63) is 0 Å². The van der Waals surface area contributed by atoms with E-state index in [1.807, 2.05) is 0 Å². The van der Waals surface area contributed by atoms with E-state index >= 15 is 0 Å². The molecule has 1 aliphatic rings. The van der Waals surface area contributed by atoms with Gasteiger partial charge in [-0.3, -0.25) is 0 Å². The van der Waals surface area contributed by atoms with E-state index in [9.17, 15) is 23.1 Å². The molecule has 0 radical (unpaired) electrons. The molecule has 1 rings (SSSR count). The van der Waals surface area contributed by atoms with Gasteiger partial charge in [0.05, 0.1) is 0 Å². The number of rotatable bonds is 1. The zero-order valence-corrected chi connectivity index (χ0v) is 11.3. The zero-order chi connectivity index (χ0) is 14.8. The highest BCUT2D eigenvalue weighted by molar-refractivity contribution is 5.68. The lowest BCUT2D eigenvalue weighted by Crippen LogP contribution is -2.48. The van der Waals surface area contributed by atoms with Gasteiger partial charge in [0.1, 0.15) is 5.60 Å². The Balaban J connectivity index is 2.62. The van der Waals surface area contributed by atoms with Crippen LogP contribution >= 0.6 is 0 Å². The monoisotopic (exact) mass is 283 g/mol. The van der Waals surface area contributed by atoms with Gasteiger partial charge in [0, 0.05) is 19.0 Å². The highest BCUT2D eigenvalue weighted by Crippen LogP contribution is 2.31. The van der Waals surface area contributed by atoms with E-state index in [0.717, 1.165) is 0 Å². The number of amides is 1. The predicted molar refractivity (Wildman–Crippen MR) is 62.6 cm³/mol. The number of nitrogens with zero attached hydrogens (tertiary/aromatic N) is 1. The maximum atomic E-state index is 12.4. The molecule has 1 saturated heterocycles. The summed E-state index contributed by atoms with van der Waals surface area (Å²) >= 11 is 0. The van der Waals surface area contributed by atoms with Gasteiger partial charge in [-0.2, -0.15) is 13.2 Å². The minimum Gasteiger partial charge on any atom is -0.444 e. The molecule has 2 atom stereocenters. The fraction of sp³-hybridized carbons (Fsp3) is 0.917. The van der Waals surface area contributed by atoms with Crippen LogP contribution in [0.25, 0.3) is 0 Å². The van der Waals surface area contributed by atoms with Gasteiger partial charge < -0.3 is 14.7 Å². The van der Waals surface area contributed by atoms with E-state index < -0.39 is 29.9 Å². The first kappa shape index (κ1) is 16.1. The minimum atomic E-state index is -4.65. The summed E-state index contributed by atoms with van der Waals surface area (Å²) in [4.78, 5) is 13.0. The summed E-state index contributed by atoms with van der Waals surface area (Å²) in [6.45, 7) is 5.30. The number of aliphatic hydroxyl groups excluding tert-OH is 1. The Morgan fingerprint density at radius 3 is 2.42 bits per heavy atom. The summed E-state index contributed by atoms with van der Waals surface area (Å²) in [6, 6.07) is 0. The van der Waals surface area contributed by atoms with Crippen molar-refractivity contribution in [1.29, 1.82) is 0 Å². The van der Waals surface area contributed by atoms with Crippen LogP contribution in [0.1, 0.15) is 33.6 Å². The smallest absolute Gasteiger partial charge is 0.414 e. The second-order valence-corrected chi connectivity index (χ2v) is 5.82. The summed E-state index contributed by atoms with van der Waals surface area (Å²) < 4.78 is 42.5. The zero-order valence-electron chi connectivity index (χ0n) is 11.3. The molecule has 1 aliphatic heterocycles. The third kappa shape index (κ3) is 4.89. The van der Waals surface area contributed by atoms with Crippen LogP contribution in [0, 0.1) is 5.92 Å². The Morgan fingerprint density at radius 2 is 1.95 bits per heavy atom. The van der Waals surface area contributed by atoms with E-state index in [1.54, 1.807) is 20.8 Å². The molecule has 112 valence electrons. The number of ether oxygens (including phenoxy) is 1. The van der Waals surface area contributed by atoms with Crippen LogP contribution in [0.4, 0.5) is 18.0 Å². The van der Waals surface area contributed by atoms with Gasteiger partial charge in [0.25, 0.3) is 0 Å². The molecular weight excluding hydrogens is 263 g/mol. The first-order valence-electron chi connectivity index (χ1n) is 6.23. The van der Waals surface area contributed by atoms with E-state index in [2.05, 4.69) is 0 Å². The number of carbonyl (C=O) groups is 1. The van der Waals surface area contributed by atoms with Crippen LogP contribution in [0.15, 0.2) is 0 Å². The van der Waals surface area contributed by atoms with Crippen molar-refractivity contribution in [2.75, 3.05) is 13.1 Å². The molecule has 0 aromatic carbocycles. The number of carbonyl (C=O) groups excluding carboxylic acids is 1. The highest BCUT2D eigenvalue weighted by Gasteiger charge is 2.45. The number of hydrogen-bond acceptors (Lipinski definition) is 3. The summed E-state index contributed by atoms with van der Waals surface area (Å²) in [5, 5.41) is 9.24. The van der Waals surface area contributed by atoms with Gasteiger partial charge in [0.15, 0.2) is 6.10 Å². The van der Waals surface area contributed by atoms with E-state index in [-0.39, 0.29) is 13.0 Å². The molecule has 1 N–H and O–H groups in total. The average Bonchev–Trinajstić information content (AvgIpc) is 2.24. The Bertz CT molecular complexity index is 325. The lowest BCUT2D eigenvalue weighted by Gasteiger charge is -2.36. The number of halogens is 3. The largest absolute Gasteiger partial charge is 0.444 e. The van der Waals surface area contributed by atoms with E-state index in [4.69, 9.17) is 4.74 Å². The summed E-state index contributed by atoms with van der Waals surface area (Å²) in [6.07, 6.45) is -7.00. The van der Waals surface area contributed by atoms with Crippen LogP contribution < -0.4 is 0 Å². The van der Waals surface area contributed by atoms with Gasteiger partial charge in [-0.05, 0) is 33.6 Å². The van der Waals surface area contributed by atoms with Gasteiger partial charge >= 0.3 is 12.3 Å². The molecule has 0 unspecified atom stereocenters. The maximum Gasteiger partial charge on any atom is 0.414 e. The van der Waals surface area contributed by atoms with Gasteiger partial charge in [-0.1, -0.05) is 0 Å². The van der Waals surface area contributed by atoms with Crippen molar-refractivity contribution in [2.24, 2.45) is 5.92 Å². The molecule has 4 nitrogen and oxygen atoms in total. The van der Waals surface area contributed by atoms with Crippen molar-refractivity contribution in [2.45, 2.75) is 51.5 Å². The molecule has 0 bridgehead atoms. The van der Waals surface area contributed by atoms with E-state index in [1.165, 1.54) is 4.90 Å². The summed E-state index contributed by atoms with van der Waals surface area (Å²) in [7, 11) is 0.